The first-order valence-electron chi connectivity index (χ1n) is 13.5. The lowest BCUT2D eigenvalue weighted by atomic mass is 9.59. The molecule has 0 fully saturated rings. The van der Waals surface area contributed by atoms with Gasteiger partial charge >= 0.3 is 0 Å². The van der Waals surface area contributed by atoms with Gasteiger partial charge in [-0.1, -0.05) is 142 Å². The van der Waals surface area contributed by atoms with E-state index in [9.17, 15) is 0 Å². The molecule has 2 unspecified atom stereocenters. The topological polar surface area (TPSA) is 0 Å². The Morgan fingerprint density at radius 1 is 0.578 bits per heavy atom. The minimum absolute atomic E-state index is 0.307. The van der Waals surface area contributed by atoms with Crippen LogP contribution in [0.4, 0.5) is 0 Å². The lowest BCUT2D eigenvalue weighted by Crippen LogP contribution is -2.43. The van der Waals surface area contributed by atoms with Crippen LogP contribution in [0.5, 0.6) is 0 Å². The van der Waals surface area contributed by atoms with Crippen molar-refractivity contribution < 1.29 is 0 Å². The van der Waals surface area contributed by atoms with Gasteiger partial charge in [0.05, 0.1) is 10.2 Å². The van der Waals surface area contributed by atoms with Gasteiger partial charge in [-0.2, -0.15) is 0 Å². The van der Waals surface area contributed by atoms with Gasteiger partial charge in [-0.3, -0.25) is 0 Å². The molecule has 0 aromatic heterocycles. The van der Waals surface area contributed by atoms with Crippen molar-refractivity contribution in [2.24, 2.45) is 0 Å². The Bertz CT molecular complexity index is 2000. The molecule has 226 valence electrons. The van der Waals surface area contributed by atoms with Gasteiger partial charge in [-0.05, 0) is 141 Å². The van der Waals surface area contributed by atoms with Crippen LogP contribution in [0.2, 0.25) is 10.0 Å². The van der Waals surface area contributed by atoms with Crippen molar-refractivity contribution in [2.75, 3.05) is 0 Å². The highest BCUT2D eigenvalue weighted by Crippen LogP contribution is 2.63. The zero-order chi connectivity index (χ0) is 32.0. The Kier molecular flexibility index (Phi) is 10.8. The molecule has 1 aliphatic rings. The maximum Gasteiger partial charge on any atom is 0.0642 e. The minimum Gasteiger partial charge on any atom is -0.0843 e. The van der Waals surface area contributed by atoms with Crippen LogP contribution in [0.3, 0.4) is 0 Å². The van der Waals surface area contributed by atoms with Crippen LogP contribution >= 0.6 is 135 Å². The van der Waals surface area contributed by atoms with Gasteiger partial charge in [0.25, 0.3) is 0 Å². The summed E-state index contributed by atoms with van der Waals surface area (Å²) in [5.74, 6) is 0. The molecule has 6 rings (SSSR count). The van der Waals surface area contributed by atoms with Crippen molar-refractivity contribution in [1.29, 1.82) is 0 Å². The molecule has 0 aliphatic heterocycles. The van der Waals surface area contributed by atoms with E-state index in [1.54, 1.807) is 6.07 Å². The molecule has 0 heterocycles. The second-order valence-corrected chi connectivity index (χ2v) is 17.3. The fourth-order valence-electron chi connectivity index (χ4n) is 6.03. The van der Waals surface area contributed by atoms with E-state index in [0.29, 0.717) is 10.0 Å². The Morgan fingerprint density at radius 2 is 1.22 bits per heavy atom. The van der Waals surface area contributed by atoms with E-state index in [1.807, 2.05) is 30.3 Å². The van der Waals surface area contributed by atoms with Crippen LogP contribution in [0, 0.1) is 0 Å². The normalized spacial score (nSPS) is 18.5. The third-order valence-electron chi connectivity index (χ3n) is 7.84. The molecule has 0 bridgehead atoms. The lowest BCUT2D eigenvalue weighted by Gasteiger charge is -2.48. The first kappa shape index (κ1) is 34.4. The summed E-state index contributed by atoms with van der Waals surface area (Å²) >= 11 is 41.4. The fraction of sp³-hybridized carbons (Fsp3) is 0.0556. The summed E-state index contributed by atoms with van der Waals surface area (Å²) in [5.41, 5.74) is 7.42. The van der Waals surface area contributed by atoms with Crippen LogP contribution in [0.15, 0.2) is 136 Å². The van der Waals surface area contributed by atoms with Gasteiger partial charge in [0.15, 0.2) is 0 Å². The van der Waals surface area contributed by atoms with Crippen molar-refractivity contribution in [3.8, 4) is 0 Å². The summed E-state index contributed by atoms with van der Waals surface area (Å²) < 4.78 is 5.78. The molecule has 0 amide bonds. The first-order valence-corrected chi connectivity index (χ1v) is 19.9. The Balaban J connectivity index is 1.94. The number of allylic oxidation sites excluding steroid dienone is 4. The standard InChI is InChI=1S/C36H19Br7Cl2/c37-22-13-11-19(12-14-22)31-34(42)30(20-5-3-6-23(38)15-20)32(26-7-1-2-9-28(26)39)36(35(31)43,21-16-24(44)18-25(45)17-21)27-8-4-10-29(40)33(27)41/h1-18,35H. The number of hydrogen-bond donors (Lipinski definition) is 0. The number of rotatable bonds is 5. The van der Waals surface area contributed by atoms with E-state index in [4.69, 9.17) is 23.2 Å². The van der Waals surface area contributed by atoms with Crippen LogP contribution in [-0.4, -0.2) is 4.83 Å². The highest BCUT2D eigenvalue weighted by molar-refractivity contribution is 9.13. The van der Waals surface area contributed by atoms with Crippen molar-refractivity contribution in [2.45, 2.75) is 10.2 Å². The number of halogens is 9. The zero-order valence-corrected chi connectivity index (χ0v) is 35.5. The van der Waals surface area contributed by atoms with E-state index in [0.717, 1.165) is 71.4 Å². The predicted octanol–water partition coefficient (Wildman–Crippen LogP) is 15.3. The fourth-order valence-corrected chi connectivity index (χ4v) is 11.1. The summed E-state index contributed by atoms with van der Waals surface area (Å²) in [4.78, 5) is -0.307. The molecular weight excluding hydrogens is 1060 g/mol. The lowest BCUT2D eigenvalue weighted by molar-refractivity contribution is 0.697. The van der Waals surface area contributed by atoms with Gasteiger partial charge in [0, 0.05) is 42.5 Å². The third kappa shape index (κ3) is 6.37. The third-order valence-corrected chi connectivity index (χ3v) is 14.0. The predicted molar refractivity (Wildman–Crippen MR) is 217 cm³/mol. The molecule has 5 aromatic rings. The highest BCUT2D eigenvalue weighted by atomic mass is 79.9. The second kappa shape index (κ2) is 14.2. The van der Waals surface area contributed by atoms with Crippen molar-refractivity contribution in [3.05, 3.63) is 174 Å². The van der Waals surface area contributed by atoms with Gasteiger partial charge in [-0.15, -0.1) is 0 Å². The first-order chi connectivity index (χ1) is 21.5. The second-order valence-electron chi connectivity index (χ2n) is 10.4. The molecule has 2 atom stereocenters. The van der Waals surface area contributed by atoms with Crippen molar-refractivity contribution in [3.63, 3.8) is 0 Å². The molecule has 0 nitrogen and oxygen atoms in total. The summed E-state index contributed by atoms with van der Waals surface area (Å²) in [6, 6.07) is 37.3. The van der Waals surface area contributed by atoms with Crippen molar-refractivity contribution in [1.82, 2.24) is 0 Å². The quantitative estimate of drug-likeness (QED) is 0.154. The number of benzene rings is 5. The molecular formula is C36H19Br7Cl2. The largest absolute Gasteiger partial charge is 0.0843 e. The summed E-state index contributed by atoms with van der Waals surface area (Å²) in [6.07, 6.45) is 0. The Morgan fingerprint density at radius 3 is 1.89 bits per heavy atom. The summed E-state index contributed by atoms with van der Waals surface area (Å²) in [7, 11) is 0. The zero-order valence-electron chi connectivity index (χ0n) is 22.9. The number of alkyl halides is 1. The maximum atomic E-state index is 6.86. The van der Waals surface area contributed by atoms with E-state index < -0.39 is 5.41 Å². The molecule has 0 spiro atoms. The average Bonchev–Trinajstić information content (AvgIpc) is 2.99. The molecule has 5 aromatic carbocycles. The van der Waals surface area contributed by atoms with E-state index in [-0.39, 0.29) is 4.83 Å². The summed E-state index contributed by atoms with van der Waals surface area (Å²) in [5, 5.41) is 1.11. The van der Waals surface area contributed by atoms with E-state index in [2.05, 4.69) is 184 Å². The average molecular weight is 1080 g/mol. The van der Waals surface area contributed by atoms with Crippen LogP contribution < -0.4 is 0 Å². The smallest absolute Gasteiger partial charge is 0.0642 e. The maximum absolute atomic E-state index is 6.86. The van der Waals surface area contributed by atoms with Crippen LogP contribution in [0.1, 0.15) is 27.8 Å². The molecule has 0 saturated heterocycles. The van der Waals surface area contributed by atoms with Gasteiger partial charge in [0.2, 0.25) is 0 Å². The molecule has 1 aliphatic carbocycles. The number of hydrogen-bond acceptors (Lipinski definition) is 0. The molecule has 45 heavy (non-hydrogen) atoms. The van der Waals surface area contributed by atoms with Gasteiger partial charge in [0.1, 0.15) is 0 Å². The molecule has 0 radical (unpaired) electrons. The molecule has 0 N–H and O–H groups in total. The highest BCUT2D eigenvalue weighted by Gasteiger charge is 2.53. The monoisotopic (exact) mass is 1070 g/mol. The Hall–Kier alpha value is -0.480. The molecule has 0 saturated carbocycles. The summed E-state index contributed by atoms with van der Waals surface area (Å²) in [6.45, 7) is 0. The van der Waals surface area contributed by atoms with Gasteiger partial charge < -0.3 is 0 Å². The van der Waals surface area contributed by atoms with Crippen LogP contribution in [-0.2, 0) is 5.41 Å². The molecule has 9 heteroatoms. The van der Waals surface area contributed by atoms with E-state index >= 15 is 0 Å². The van der Waals surface area contributed by atoms with Gasteiger partial charge in [-0.25, -0.2) is 0 Å². The van der Waals surface area contributed by atoms with Crippen molar-refractivity contribution >= 4 is 151 Å². The SMILES string of the molecule is Clc1cc(Cl)cc(C2(c3cccc(Br)c3Br)C(c3ccccc3Br)=C(c3cccc(Br)c3)C(Br)=C(c3ccc(Br)cc3)C2Br)c1. The van der Waals surface area contributed by atoms with E-state index in [1.165, 1.54) is 0 Å². The van der Waals surface area contributed by atoms with Crippen LogP contribution in [0.25, 0.3) is 16.7 Å². The Labute approximate surface area is 331 Å². The minimum atomic E-state index is -0.877.